The summed E-state index contributed by atoms with van der Waals surface area (Å²) < 4.78 is 5.35. The van der Waals surface area contributed by atoms with Crippen molar-refractivity contribution >= 4 is 17.3 Å². The molecule has 0 saturated heterocycles. The van der Waals surface area contributed by atoms with E-state index in [9.17, 15) is 5.26 Å². The van der Waals surface area contributed by atoms with Gasteiger partial charge in [-0.2, -0.15) is 10.2 Å². The Bertz CT molecular complexity index is 700. The predicted octanol–water partition coefficient (Wildman–Crippen LogP) is 3.09. The molecule has 0 bridgehead atoms. The van der Waals surface area contributed by atoms with Gasteiger partial charge in [0.05, 0.1) is 23.5 Å². The van der Waals surface area contributed by atoms with Crippen LogP contribution in [0.4, 0.5) is 5.69 Å². The van der Waals surface area contributed by atoms with Crippen LogP contribution in [-0.4, -0.2) is 15.1 Å². The van der Waals surface area contributed by atoms with E-state index in [0.717, 1.165) is 32.1 Å². The standard InChI is InChI=1S/C14H14ClN5O/c15-11-6-9(10(17)7-18-11)12-19-13(21-20-12)14(8-16)4-2-1-3-5-14/h6-7H,1-5,17H2. The van der Waals surface area contributed by atoms with Crippen molar-refractivity contribution in [3.63, 3.8) is 0 Å². The minimum absolute atomic E-state index is 0.304. The van der Waals surface area contributed by atoms with Crippen molar-refractivity contribution in [2.45, 2.75) is 37.5 Å². The number of aromatic nitrogens is 3. The lowest BCUT2D eigenvalue weighted by Crippen LogP contribution is -2.27. The van der Waals surface area contributed by atoms with E-state index >= 15 is 0 Å². The van der Waals surface area contributed by atoms with Gasteiger partial charge in [-0.3, -0.25) is 0 Å². The van der Waals surface area contributed by atoms with Gasteiger partial charge in [0.2, 0.25) is 11.7 Å². The van der Waals surface area contributed by atoms with E-state index in [4.69, 9.17) is 21.9 Å². The van der Waals surface area contributed by atoms with Gasteiger partial charge in [-0.1, -0.05) is 36.0 Å². The summed E-state index contributed by atoms with van der Waals surface area (Å²) in [6, 6.07) is 3.95. The number of pyridine rings is 1. The number of nitrogens with zero attached hydrogens (tertiary/aromatic N) is 4. The van der Waals surface area contributed by atoms with Crippen molar-refractivity contribution in [3.8, 4) is 17.5 Å². The van der Waals surface area contributed by atoms with Crippen LogP contribution in [0.1, 0.15) is 38.0 Å². The van der Waals surface area contributed by atoms with Crippen molar-refractivity contribution in [1.82, 2.24) is 15.1 Å². The second-order valence-corrected chi connectivity index (χ2v) is 5.66. The zero-order chi connectivity index (χ0) is 14.9. The Morgan fingerprint density at radius 2 is 2.10 bits per heavy atom. The number of nitrogen functional groups attached to an aromatic ring is 1. The fraction of sp³-hybridized carbons (Fsp3) is 0.429. The summed E-state index contributed by atoms with van der Waals surface area (Å²) in [7, 11) is 0. The Morgan fingerprint density at radius 1 is 1.33 bits per heavy atom. The van der Waals surface area contributed by atoms with E-state index in [2.05, 4.69) is 21.2 Å². The highest BCUT2D eigenvalue weighted by Crippen LogP contribution is 2.39. The number of nitriles is 1. The molecular weight excluding hydrogens is 290 g/mol. The number of nitrogens with two attached hydrogens (primary N) is 1. The third kappa shape index (κ3) is 2.45. The van der Waals surface area contributed by atoms with Crippen LogP contribution in [0, 0.1) is 11.3 Å². The van der Waals surface area contributed by atoms with Crippen LogP contribution < -0.4 is 5.73 Å². The van der Waals surface area contributed by atoms with Gasteiger partial charge >= 0.3 is 0 Å². The maximum Gasteiger partial charge on any atom is 0.247 e. The molecule has 0 aliphatic heterocycles. The summed E-state index contributed by atoms with van der Waals surface area (Å²) in [5.74, 6) is 0.707. The van der Waals surface area contributed by atoms with Gasteiger partial charge in [0.15, 0.2) is 0 Å². The lowest BCUT2D eigenvalue weighted by molar-refractivity contribution is 0.264. The van der Waals surface area contributed by atoms with E-state index in [-0.39, 0.29) is 0 Å². The number of rotatable bonds is 2. The number of halogens is 1. The maximum atomic E-state index is 9.54. The Labute approximate surface area is 126 Å². The summed E-state index contributed by atoms with van der Waals surface area (Å²) >= 11 is 5.87. The molecule has 1 aliphatic rings. The zero-order valence-corrected chi connectivity index (χ0v) is 12.1. The summed E-state index contributed by atoms with van der Waals surface area (Å²) in [6.07, 6.45) is 6.07. The quantitative estimate of drug-likeness (QED) is 0.855. The Morgan fingerprint density at radius 3 is 2.81 bits per heavy atom. The molecule has 0 radical (unpaired) electrons. The van der Waals surface area contributed by atoms with Crippen molar-refractivity contribution in [1.29, 1.82) is 5.26 Å². The van der Waals surface area contributed by atoms with Crippen LogP contribution >= 0.6 is 11.6 Å². The zero-order valence-electron chi connectivity index (χ0n) is 11.3. The molecule has 2 N–H and O–H groups in total. The lowest BCUT2D eigenvalue weighted by Gasteiger charge is -2.26. The SMILES string of the molecule is N#CC1(c2nc(-c3cc(Cl)ncc3N)no2)CCCCC1. The predicted molar refractivity (Wildman–Crippen MR) is 77.3 cm³/mol. The van der Waals surface area contributed by atoms with E-state index in [1.165, 1.54) is 6.20 Å². The van der Waals surface area contributed by atoms with Crippen LogP contribution in [0.25, 0.3) is 11.4 Å². The highest BCUT2D eigenvalue weighted by molar-refractivity contribution is 6.29. The average Bonchev–Trinajstić information content (AvgIpc) is 3.00. The Hall–Kier alpha value is -2.13. The molecule has 0 unspecified atom stereocenters. The molecule has 0 aromatic carbocycles. The molecule has 1 saturated carbocycles. The first-order valence-electron chi connectivity index (χ1n) is 6.81. The molecule has 3 rings (SSSR count). The largest absolute Gasteiger partial charge is 0.397 e. The monoisotopic (exact) mass is 303 g/mol. The van der Waals surface area contributed by atoms with Crippen molar-refractivity contribution in [2.75, 3.05) is 5.73 Å². The average molecular weight is 304 g/mol. The first-order chi connectivity index (χ1) is 10.1. The Balaban J connectivity index is 2.00. The smallest absolute Gasteiger partial charge is 0.247 e. The summed E-state index contributed by atoms with van der Waals surface area (Å²) in [6.45, 7) is 0. The lowest BCUT2D eigenvalue weighted by atomic mass is 9.75. The molecular formula is C14H14ClN5O. The van der Waals surface area contributed by atoms with E-state index in [0.29, 0.717) is 28.1 Å². The first-order valence-corrected chi connectivity index (χ1v) is 7.19. The van der Waals surface area contributed by atoms with Crippen LogP contribution in [0.3, 0.4) is 0 Å². The van der Waals surface area contributed by atoms with Crippen molar-refractivity contribution < 1.29 is 4.52 Å². The van der Waals surface area contributed by atoms with E-state index in [1.807, 2.05) is 0 Å². The summed E-state index contributed by atoms with van der Waals surface area (Å²) in [5.41, 5.74) is 6.18. The highest BCUT2D eigenvalue weighted by Gasteiger charge is 2.39. The summed E-state index contributed by atoms with van der Waals surface area (Å²) in [4.78, 5) is 8.28. The molecule has 21 heavy (non-hydrogen) atoms. The van der Waals surface area contributed by atoms with E-state index in [1.54, 1.807) is 6.07 Å². The number of anilines is 1. The molecule has 6 nitrogen and oxygen atoms in total. The molecule has 1 fully saturated rings. The molecule has 2 aromatic rings. The van der Waals surface area contributed by atoms with Gasteiger partial charge in [-0.05, 0) is 18.9 Å². The molecule has 7 heteroatoms. The molecule has 2 heterocycles. The van der Waals surface area contributed by atoms with E-state index < -0.39 is 5.41 Å². The molecule has 1 aliphatic carbocycles. The molecule has 108 valence electrons. The summed E-state index contributed by atoms with van der Waals surface area (Å²) in [5, 5.41) is 13.8. The fourth-order valence-corrected chi connectivity index (χ4v) is 2.85. The van der Waals surface area contributed by atoms with Crippen LogP contribution in [0.5, 0.6) is 0 Å². The van der Waals surface area contributed by atoms with Gasteiger partial charge in [0, 0.05) is 0 Å². The van der Waals surface area contributed by atoms with Gasteiger partial charge in [-0.15, -0.1) is 0 Å². The minimum atomic E-state index is -0.672. The van der Waals surface area contributed by atoms with Gasteiger partial charge < -0.3 is 10.3 Å². The van der Waals surface area contributed by atoms with Crippen LogP contribution in [0.15, 0.2) is 16.8 Å². The molecule has 0 amide bonds. The third-order valence-electron chi connectivity index (χ3n) is 3.90. The highest BCUT2D eigenvalue weighted by atomic mass is 35.5. The molecule has 0 spiro atoms. The normalized spacial score (nSPS) is 17.3. The van der Waals surface area contributed by atoms with Crippen LogP contribution in [-0.2, 0) is 5.41 Å². The maximum absolute atomic E-state index is 9.54. The molecule has 2 aromatic heterocycles. The Kier molecular flexibility index (Phi) is 3.52. The minimum Gasteiger partial charge on any atom is -0.397 e. The fourth-order valence-electron chi connectivity index (χ4n) is 2.69. The number of hydrogen-bond donors (Lipinski definition) is 1. The van der Waals surface area contributed by atoms with Gasteiger partial charge in [-0.25, -0.2) is 4.98 Å². The van der Waals surface area contributed by atoms with Gasteiger partial charge in [0.1, 0.15) is 10.6 Å². The topological polar surface area (TPSA) is 102 Å². The third-order valence-corrected chi connectivity index (χ3v) is 4.11. The number of hydrogen-bond acceptors (Lipinski definition) is 6. The first kappa shape index (κ1) is 13.8. The van der Waals surface area contributed by atoms with Gasteiger partial charge in [0.25, 0.3) is 0 Å². The second kappa shape index (κ2) is 5.34. The molecule has 0 atom stereocenters. The second-order valence-electron chi connectivity index (χ2n) is 5.27. The van der Waals surface area contributed by atoms with Crippen LogP contribution in [0.2, 0.25) is 5.15 Å². The van der Waals surface area contributed by atoms with Crippen molar-refractivity contribution in [3.05, 3.63) is 23.3 Å². The van der Waals surface area contributed by atoms with Crippen molar-refractivity contribution in [2.24, 2.45) is 0 Å².